The van der Waals surface area contributed by atoms with E-state index in [0.717, 1.165) is 11.6 Å². The predicted molar refractivity (Wildman–Crippen MR) is 136 cm³/mol. The van der Waals surface area contributed by atoms with Crippen LogP contribution in [0.25, 0.3) is 22.3 Å². The van der Waals surface area contributed by atoms with Crippen LogP contribution in [0.3, 0.4) is 0 Å². The number of aromatic hydroxyl groups is 1. The number of aromatic nitrogens is 4. The van der Waals surface area contributed by atoms with Crippen LogP contribution in [0.5, 0.6) is 5.75 Å². The van der Waals surface area contributed by atoms with Gasteiger partial charge in [0.2, 0.25) is 16.0 Å². The van der Waals surface area contributed by atoms with E-state index in [1.165, 1.54) is 16.6 Å². The molecule has 0 saturated carbocycles. The zero-order valence-corrected chi connectivity index (χ0v) is 21.2. The highest BCUT2D eigenvalue weighted by Crippen LogP contribution is 2.38. The third-order valence-corrected chi connectivity index (χ3v) is 8.03. The van der Waals surface area contributed by atoms with Gasteiger partial charge in [-0.2, -0.15) is 14.4 Å². The summed E-state index contributed by atoms with van der Waals surface area (Å²) in [6, 6.07) is 12.3. The van der Waals surface area contributed by atoms with Crippen molar-refractivity contribution in [3.8, 4) is 17.0 Å². The molecule has 5 rings (SSSR count). The molecule has 1 saturated heterocycles. The Morgan fingerprint density at radius 3 is 2.64 bits per heavy atom. The Morgan fingerprint density at radius 1 is 1.17 bits per heavy atom. The zero-order valence-electron chi connectivity index (χ0n) is 19.6. The van der Waals surface area contributed by atoms with Crippen LogP contribution in [-0.4, -0.2) is 69.5 Å². The van der Waals surface area contributed by atoms with E-state index in [1.807, 2.05) is 35.2 Å². The summed E-state index contributed by atoms with van der Waals surface area (Å²) in [6.45, 7) is 1.07. The Kier molecular flexibility index (Phi) is 6.31. The Bertz CT molecular complexity index is 1550. The maximum atomic E-state index is 13.7. The molecule has 3 heterocycles. The number of aryl methyl sites for hydroxylation is 1. The van der Waals surface area contributed by atoms with Gasteiger partial charge in [-0.1, -0.05) is 41.9 Å². The Morgan fingerprint density at radius 2 is 1.92 bits per heavy atom. The minimum Gasteiger partial charge on any atom is -0.504 e. The lowest BCUT2D eigenvalue weighted by atomic mass is 10.0. The van der Waals surface area contributed by atoms with Crippen LogP contribution in [0.15, 0.2) is 48.7 Å². The standard InChI is InChI=1S/C24H24ClFN6O3S/c1-30-23-18(21(29-30)17-8-9-19(26)22(33)20(17)25)13-27-24(28-23)32-11-10-31(36(2,34)35)14-16(32)12-15-6-4-3-5-7-15/h3-9,13,16,33H,10-12,14H2,1-2H3/t16-/m1/s1. The maximum absolute atomic E-state index is 13.7. The Hall–Kier alpha value is -3.28. The van der Waals surface area contributed by atoms with E-state index in [4.69, 9.17) is 16.6 Å². The van der Waals surface area contributed by atoms with E-state index in [9.17, 15) is 17.9 Å². The highest BCUT2D eigenvalue weighted by atomic mass is 35.5. The van der Waals surface area contributed by atoms with Crippen LogP contribution >= 0.6 is 11.6 Å². The van der Waals surface area contributed by atoms with Gasteiger partial charge in [0, 0.05) is 44.5 Å². The van der Waals surface area contributed by atoms with Crippen LogP contribution in [0, 0.1) is 5.82 Å². The van der Waals surface area contributed by atoms with E-state index in [0.29, 0.717) is 54.3 Å². The first-order valence-electron chi connectivity index (χ1n) is 11.3. The van der Waals surface area contributed by atoms with Gasteiger partial charge in [-0.15, -0.1) is 0 Å². The van der Waals surface area contributed by atoms with E-state index in [2.05, 4.69) is 10.1 Å². The third kappa shape index (κ3) is 4.49. The van der Waals surface area contributed by atoms with Gasteiger partial charge in [-0.05, 0) is 24.1 Å². The molecule has 4 aromatic rings. The molecule has 0 amide bonds. The monoisotopic (exact) mass is 530 g/mol. The number of nitrogens with zero attached hydrogens (tertiary/aromatic N) is 6. The van der Waals surface area contributed by atoms with E-state index < -0.39 is 21.6 Å². The molecule has 9 nitrogen and oxygen atoms in total. The molecule has 188 valence electrons. The lowest BCUT2D eigenvalue weighted by Gasteiger charge is -2.40. The van der Waals surface area contributed by atoms with E-state index in [-0.39, 0.29) is 11.1 Å². The van der Waals surface area contributed by atoms with Crippen molar-refractivity contribution in [2.24, 2.45) is 7.05 Å². The molecule has 1 aliphatic rings. The summed E-state index contributed by atoms with van der Waals surface area (Å²) in [7, 11) is -1.62. The second-order valence-electron chi connectivity index (χ2n) is 8.79. The third-order valence-electron chi connectivity index (χ3n) is 6.38. The highest BCUT2D eigenvalue weighted by Gasteiger charge is 2.33. The number of fused-ring (bicyclic) bond motifs is 1. The lowest BCUT2D eigenvalue weighted by molar-refractivity contribution is 0.330. The molecule has 0 bridgehead atoms. The molecule has 0 spiro atoms. The normalized spacial score (nSPS) is 17.1. The fourth-order valence-corrected chi connectivity index (χ4v) is 5.64. The molecule has 1 fully saturated rings. The SMILES string of the molecule is Cn1nc(-c2ccc(F)c(O)c2Cl)c2cnc(N3CCN(S(C)(=O)=O)C[C@H]3Cc3ccccc3)nc21. The quantitative estimate of drug-likeness (QED) is 0.422. The molecule has 0 aliphatic carbocycles. The molecule has 1 atom stereocenters. The zero-order chi connectivity index (χ0) is 25.6. The van der Waals surface area contributed by atoms with Crippen molar-refractivity contribution >= 4 is 38.6 Å². The molecule has 0 unspecified atom stereocenters. The van der Waals surface area contributed by atoms with Gasteiger partial charge in [0.1, 0.15) is 5.69 Å². The number of sulfonamides is 1. The largest absolute Gasteiger partial charge is 0.504 e. The molecule has 12 heteroatoms. The number of rotatable bonds is 5. The average molecular weight is 531 g/mol. The van der Waals surface area contributed by atoms with E-state index in [1.54, 1.807) is 17.9 Å². The number of hydrogen-bond donors (Lipinski definition) is 1. The van der Waals surface area contributed by atoms with Gasteiger partial charge in [-0.3, -0.25) is 0 Å². The molecule has 0 radical (unpaired) electrons. The predicted octanol–water partition coefficient (Wildman–Crippen LogP) is 3.22. The van der Waals surface area contributed by atoms with Crippen LogP contribution in [0.1, 0.15) is 5.56 Å². The van der Waals surface area contributed by atoms with Crippen LogP contribution < -0.4 is 4.90 Å². The molecule has 1 N–H and O–H groups in total. The smallest absolute Gasteiger partial charge is 0.227 e. The number of hydrogen-bond acceptors (Lipinski definition) is 7. The molecule has 36 heavy (non-hydrogen) atoms. The molecule has 2 aromatic heterocycles. The van der Waals surface area contributed by atoms with Crippen LogP contribution in [-0.2, 0) is 23.5 Å². The summed E-state index contributed by atoms with van der Waals surface area (Å²) in [4.78, 5) is 11.4. The highest BCUT2D eigenvalue weighted by molar-refractivity contribution is 7.88. The summed E-state index contributed by atoms with van der Waals surface area (Å²) < 4.78 is 41.3. The molecule has 1 aliphatic heterocycles. The van der Waals surface area contributed by atoms with Gasteiger partial charge in [0.05, 0.1) is 16.7 Å². The first-order chi connectivity index (χ1) is 17.1. The van der Waals surface area contributed by atoms with Gasteiger partial charge in [0.25, 0.3) is 0 Å². The van der Waals surface area contributed by atoms with Crippen molar-refractivity contribution in [3.05, 3.63) is 65.1 Å². The number of benzene rings is 2. The number of halogens is 2. The van der Waals surface area contributed by atoms with Crippen molar-refractivity contribution in [1.29, 1.82) is 0 Å². The Balaban J connectivity index is 1.54. The summed E-state index contributed by atoms with van der Waals surface area (Å²) in [6.07, 6.45) is 3.47. The van der Waals surface area contributed by atoms with Gasteiger partial charge < -0.3 is 10.0 Å². The molecule has 2 aromatic carbocycles. The molecular weight excluding hydrogens is 507 g/mol. The summed E-state index contributed by atoms with van der Waals surface area (Å²) in [5.41, 5.74) is 2.39. The van der Waals surface area contributed by atoms with E-state index >= 15 is 0 Å². The molecular formula is C24H24ClFN6O3S. The fraction of sp³-hybridized carbons (Fsp3) is 0.292. The van der Waals surface area contributed by atoms with Gasteiger partial charge in [0.15, 0.2) is 17.2 Å². The van der Waals surface area contributed by atoms with Crippen molar-refractivity contribution in [2.75, 3.05) is 30.8 Å². The lowest BCUT2D eigenvalue weighted by Crippen LogP contribution is -2.56. The van der Waals surface area contributed by atoms with Crippen LogP contribution in [0.2, 0.25) is 5.02 Å². The first kappa shape index (κ1) is 24.4. The Labute approximate surface area is 212 Å². The van der Waals surface area contributed by atoms with Crippen molar-refractivity contribution in [1.82, 2.24) is 24.1 Å². The average Bonchev–Trinajstić information content (AvgIpc) is 3.18. The van der Waals surface area contributed by atoms with Crippen molar-refractivity contribution in [2.45, 2.75) is 12.5 Å². The topological polar surface area (TPSA) is 104 Å². The number of phenols is 1. The minimum absolute atomic E-state index is 0.140. The number of phenolic OH excluding ortho intramolecular Hbond substituents is 1. The summed E-state index contributed by atoms with van der Waals surface area (Å²) >= 11 is 6.20. The fourth-order valence-electron chi connectivity index (χ4n) is 4.54. The number of anilines is 1. The number of piperazine rings is 1. The van der Waals surface area contributed by atoms with Crippen molar-refractivity contribution < 1.29 is 17.9 Å². The summed E-state index contributed by atoms with van der Waals surface area (Å²) in [5.74, 6) is -1.00. The minimum atomic E-state index is -3.34. The summed E-state index contributed by atoms with van der Waals surface area (Å²) in [5, 5.41) is 14.9. The van der Waals surface area contributed by atoms with Crippen molar-refractivity contribution in [3.63, 3.8) is 0 Å². The van der Waals surface area contributed by atoms with Gasteiger partial charge in [-0.25, -0.2) is 22.5 Å². The van der Waals surface area contributed by atoms with Crippen LogP contribution in [0.4, 0.5) is 10.3 Å². The second kappa shape index (κ2) is 9.30. The second-order valence-corrected chi connectivity index (χ2v) is 11.2. The first-order valence-corrected chi connectivity index (χ1v) is 13.5. The van der Waals surface area contributed by atoms with Gasteiger partial charge >= 0.3 is 0 Å². The maximum Gasteiger partial charge on any atom is 0.227 e.